The van der Waals surface area contributed by atoms with Gasteiger partial charge in [-0.2, -0.15) is 11.3 Å². The Kier molecular flexibility index (Phi) is 6.95. The summed E-state index contributed by atoms with van der Waals surface area (Å²) in [6.07, 6.45) is 0. The van der Waals surface area contributed by atoms with E-state index >= 15 is 0 Å². The van der Waals surface area contributed by atoms with Crippen molar-refractivity contribution in [2.45, 2.75) is 17.7 Å². The highest BCUT2D eigenvalue weighted by molar-refractivity contribution is 7.91. The van der Waals surface area contributed by atoms with E-state index in [4.69, 9.17) is 0 Å². The fraction of sp³-hybridized carbons (Fsp3) is 0.353. The second-order valence-corrected chi connectivity index (χ2v) is 8.44. The lowest BCUT2D eigenvalue weighted by molar-refractivity contribution is 0.566. The predicted octanol–water partition coefficient (Wildman–Crippen LogP) is 2.63. The SMILES string of the molecule is CN=C(NCCS(=O)(=O)c1ccccc1F)NCC(C)c1ccsc1. The summed E-state index contributed by atoms with van der Waals surface area (Å²) in [5, 5.41) is 10.3. The molecule has 1 atom stereocenters. The highest BCUT2D eigenvalue weighted by Gasteiger charge is 2.18. The largest absolute Gasteiger partial charge is 0.356 e. The van der Waals surface area contributed by atoms with Crippen LogP contribution in [0.4, 0.5) is 4.39 Å². The first-order valence-corrected chi connectivity index (χ1v) is 10.5. The molecule has 0 aliphatic carbocycles. The van der Waals surface area contributed by atoms with Gasteiger partial charge in [-0.15, -0.1) is 0 Å². The smallest absolute Gasteiger partial charge is 0.191 e. The number of rotatable bonds is 7. The summed E-state index contributed by atoms with van der Waals surface area (Å²) in [6, 6.07) is 7.48. The molecule has 0 fully saturated rings. The molecule has 0 aliphatic heterocycles. The van der Waals surface area contributed by atoms with Gasteiger partial charge in [-0.1, -0.05) is 19.1 Å². The highest BCUT2D eigenvalue weighted by atomic mass is 32.2. The van der Waals surface area contributed by atoms with E-state index in [1.165, 1.54) is 23.8 Å². The van der Waals surface area contributed by atoms with Crippen LogP contribution >= 0.6 is 11.3 Å². The molecular weight excluding hydrogens is 361 g/mol. The summed E-state index contributed by atoms with van der Waals surface area (Å²) < 4.78 is 38.1. The molecule has 1 unspecified atom stereocenters. The molecule has 1 heterocycles. The van der Waals surface area contributed by atoms with Crippen molar-refractivity contribution in [3.8, 4) is 0 Å². The van der Waals surface area contributed by atoms with Gasteiger partial charge in [0.15, 0.2) is 15.8 Å². The average Bonchev–Trinajstić information content (AvgIpc) is 3.12. The number of guanidine groups is 1. The fourth-order valence-corrected chi connectivity index (χ4v) is 4.28. The second-order valence-electron chi connectivity index (χ2n) is 5.59. The van der Waals surface area contributed by atoms with E-state index in [2.05, 4.69) is 34.0 Å². The molecular formula is C17H22FN3O2S2. The van der Waals surface area contributed by atoms with Crippen LogP contribution in [0.3, 0.4) is 0 Å². The Morgan fingerprint density at radius 1 is 1.28 bits per heavy atom. The first-order chi connectivity index (χ1) is 11.9. The van der Waals surface area contributed by atoms with Crippen LogP contribution in [-0.4, -0.2) is 40.3 Å². The summed E-state index contributed by atoms with van der Waals surface area (Å²) >= 11 is 1.65. The van der Waals surface area contributed by atoms with E-state index in [1.807, 2.05) is 5.38 Å². The predicted molar refractivity (Wildman–Crippen MR) is 101 cm³/mol. The Bertz CT molecular complexity index is 805. The lowest BCUT2D eigenvalue weighted by Gasteiger charge is -2.15. The maximum absolute atomic E-state index is 13.6. The van der Waals surface area contributed by atoms with Gasteiger partial charge in [0.25, 0.3) is 0 Å². The zero-order valence-corrected chi connectivity index (χ0v) is 15.8. The van der Waals surface area contributed by atoms with Gasteiger partial charge in [0.2, 0.25) is 0 Å². The zero-order chi connectivity index (χ0) is 18.3. The zero-order valence-electron chi connectivity index (χ0n) is 14.2. The van der Waals surface area contributed by atoms with Crippen molar-refractivity contribution in [1.82, 2.24) is 10.6 Å². The molecule has 1 aromatic heterocycles. The topological polar surface area (TPSA) is 70.6 Å². The van der Waals surface area contributed by atoms with Crippen LogP contribution in [0, 0.1) is 5.82 Å². The third kappa shape index (κ3) is 5.54. The molecule has 1 aromatic carbocycles. The van der Waals surface area contributed by atoms with E-state index in [-0.39, 0.29) is 17.2 Å². The van der Waals surface area contributed by atoms with Gasteiger partial charge in [0, 0.05) is 20.1 Å². The number of hydrogen-bond acceptors (Lipinski definition) is 4. The highest BCUT2D eigenvalue weighted by Crippen LogP contribution is 2.17. The second kappa shape index (κ2) is 8.96. The first-order valence-electron chi connectivity index (χ1n) is 7.88. The van der Waals surface area contributed by atoms with Gasteiger partial charge in [-0.25, -0.2) is 12.8 Å². The maximum atomic E-state index is 13.6. The van der Waals surface area contributed by atoms with Gasteiger partial charge in [0.1, 0.15) is 10.7 Å². The molecule has 0 radical (unpaired) electrons. The van der Waals surface area contributed by atoms with Gasteiger partial charge in [-0.05, 0) is 40.4 Å². The normalized spacial score (nSPS) is 13.5. The Labute approximate surface area is 151 Å². The molecule has 0 bridgehead atoms. The minimum absolute atomic E-state index is 0.142. The van der Waals surface area contributed by atoms with Crippen molar-refractivity contribution in [2.24, 2.45) is 4.99 Å². The number of benzene rings is 1. The Morgan fingerprint density at radius 2 is 2.04 bits per heavy atom. The Balaban J connectivity index is 1.84. The van der Waals surface area contributed by atoms with Crippen LogP contribution in [-0.2, 0) is 9.84 Å². The molecule has 0 amide bonds. The third-order valence-electron chi connectivity index (χ3n) is 3.75. The van der Waals surface area contributed by atoms with Crippen molar-refractivity contribution in [3.63, 3.8) is 0 Å². The molecule has 25 heavy (non-hydrogen) atoms. The molecule has 136 valence electrons. The van der Waals surface area contributed by atoms with Gasteiger partial charge >= 0.3 is 0 Å². The number of thiophene rings is 1. The van der Waals surface area contributed by atoms with E-state index in [9.17, 15) is 12.8 Å². The van der Waals surface area contributed by atoms with Crippen molar-refractivity contribution < 1.29 is 12.8 Å². The standard InChI is InChI=1S/C17H22FN3O2S2/c1-13(14-7-9-24-12-14)11-21-17(19-2)20-8-10-25(22,23)16-6-4-3-5-15(16)18/h3-7,9,12-13H,8,10-11H2,1-2H3,(H2,19,20,21). The number of nitrogens with zero attached hydrogens (tertiary/aromatic N) is 1. The first kappa shape index (κ1) is 19.4. The summed E-state index contributed by atoms with van der Waals surface area (Å²) in [4.78, 5) is 3.81. The van der Waals surface area contributed by atoms with Crippen LogP contribution < -0.4 is 10.6 Å². The van der Waals surface area contributed by atoms with Crippen LogP contribution in [0.15, 0.2) is 51.0 Å². The minimum atomic E-state index is -3.68. The van der Waals surface area contributed by atoms with Crippen molar-refractivity contribution in [3.05, 3.63) is 52.5 Å². The number of nitrogens with one attached hydrogen (secondary N) is 2. The third-order valence-corrected chi connectivity index (χ3v) is 6.19. The van der Waals surface area contributed by atoms with Crippen molar-refractivity contribution in [1.29, 1.82) is 0 Å². The molecule has 5 nitrogen and oxygen atoms in total. The molecule has 2 N–H and O–H groups in total. The van der Waals surface area contributed by atoms with E-state index < -0.39 is 15.7 Å². The van der Waals surface area contributed by atoms with E-state index in [0.29, 0.717) is 18.4 Å². The van der Waals surface area contributed by atoms with Gasteiger partial charge < -0.3 is 10.6 Å². The molecule has 0 saturated carbocycles. The molecule has 8 heteroatoms. The van der Waals surface area contributed by atoms with Crippen LogP contribution in [0.25, 0.3) is 0 Å². The minimum Gasteiger partial charge on any atom is -0.356 e. The number of halogens is 1. The van der Waals surface area contributed by atoms with E-state index in [0.717, 1.165) is 6.07 Å². The lowest BCUT2D eigenvalue weighted by atomic mass is 10.1. The number of sulfone groups is 1. The van der Waals surface area contributed by atoms with E-state index in [1.54, 1.807) is 18.4 Å². The Morgan fingerprint density at radius 3 is 2.68 bits per heavy atom. The average molecular weight is 384 g/mol. The van der Waals surface area contributed by atoms with Crippen LogP contribution in [0.5, 0.6) is 0 Å². The van der Waals surface area contributed by atoms with Gasteiger partial charge in [0.05, 0.1) is 5.75 Å². The van der Waals surface area contributed by atoms with Crippen LogP contribution in [0.1, 0.15) is 18.4 Å². The molecule has 2 aromatic rings. The summed E-state index contributed by atoms with van der Waals surface area (Å²) in [7, 11) is -2.06. The molecule has 2 rings (SSSR count). The summed E-state index contributed by atoms with van der Waals surface area (Å²) in [5.41, 5.74) is 1.25. The number of aliphatic imine (C=N–C) groups is 1. The monoisotopic (exact) mass is 383 g/mol. The Hall–Kier alpha value is -1.93. The number of hydrogen-bond donors (Lipinski definition) is 2. The summed E-state index contributed by atoms with van der Waals surface area (Å²) in [5.74, 6) is -0.110. The molecule has 0 spiro atoms. The fourth-order valence-electron chi connectivity index (χ4n) is 2.25. The maximum Gasteiger partial charge on any atom is 0.191 e. The quantitative estimate of drug-likeness (QED) is 0.570. The molecule has 0 saturated heterocycles. The van der Waals surface area contributed by atoms with Crippen molar-refractivity contribution in [2.75, 3.05) is 25.9 Å². The summed E-state index contributed by atoms with van der Waals surface area (Å²) in [6.45, 7) is 2.92. The van der Waals surface area contributed by atoms with Gasteiger partial charge in [-0.3, -0.25) is 4.99 Å². The molecule has 0 aliphatic rings. The lowest BCUT2D eigenvalue weighted by Crippen LogP contribution is -2.41. The van der Waals surface area contributed by atoms with Crippen molar-refractivity contribution >= 4 is 27.1 Å². The van der Waals surface area contributed by atoms with Crippen LogP contribution in [0.2, 0.25) is 0 Å².